The van der Waals surface area contributed by atoms with E-state index in [4.69, 9.17) is 0 Å². The van der Waals surface area contributed by atoms with Crippen LogP contribution in [0.1, 0.15) is 211 Å². The Morgan fingerprint density at radius 3 is 1.34 bits per heavy atom. The number of nitrogens with one attached hydrogen (secondary N) is 2. The average Bonchev–Trinajstić information content (AvgIpc) is 3.78. The normalized spacial score (nSPS) is 19.8. The van der Waals surface area contributed by atoms with Crippen molar-refractivity contribution in [3.05, 3.63) is 11.6 Å². The van der Waals surface area contributed by atoms with Crippen molar-refractivity contribution in [2.24, 2.45) is 35.5 Å². The molecule has 0 aromatic rings. The SMILES string of the molecule is CC.CC.CC.CC.CC.CC.CC.CC(C)C1=CCNC1.CC(C)C1CCCNC1.CC1CCCN(C)C1.CCC.CCN1CCCC(C(C)C)C1. The summed E-state index contributed by atoms with van der Waals surface area (Å²) in [5.74, 6) is 5.34. The molecule has 4 heterocycles. The molecule has 0 amide bonds. The zero-order valence-corrected chi connectivity index (χ0v) is 42.7. The van der Waals surface area contributed by atoms with Crippen molar-refractivity contribution in [1.82, 2.24) is 20.4 Å². The lowest BCUT2D eigenvalue weighted by Gasteiger charge is -2.33. The molecule has 2 N–H and O–H groups in total. The minimum absolute atomic E-state index is 0.741. The smallest absolute Gasteiger partial charge is 0.0170 e. The minimum atomic E-state index is 0.741. The van der Waals surface area contributed by atoms with Gasteiger partial charge in [-0.15, -0.1) is 0 Å². The lowest BCUT2D eigenvalue weighted by atomic mass is 9.88. The molecule has 4 nitrogen and oxygen atoms in total. The van der Waals surface area contributed by atoms with Crippen molar-refractivity contribution >= 4 is 0 Å². The maximum atomic E-state index is 3.42. The Morgan fingerprint density at radius 2 is 1.08 bits per heavy atom. The fourth-order valence-electron chi connectivity index (χ4n) is 5.73. The predicted octanol–water partition coefficient (Wildman–Crippen LogP) is 15.1. The molecule has 3 unspecified atom stereocenters. The zero-order valence-electron chi connectivity index (χ0n) is 42.7. The molecule has 3 saturated heterocycles. The van der Waals surface area contributed by atoms with E-state index in [1.165, 1.54) is 90.8 Å². The van der Waals surface area contributed by atoms with E-state index in [-0.39, 0.29) is 0 Å². The molecule has 0 aliphatic carbocycles. The maximum Gasteiger partial charge on any atom is 0.0170 e. The molecule has 4 aliphatic heterocycles. The van der Waals surface area contributed by atoms with Crippen LogP contribution in [-0.4, -0.2) is 75.8 Å². The number of likely N-dealkylation sites (tertiary alicyclic amines) is 2. The summed E-state index contributed by atoms with van der Waals surface area (Å²) in [6.45, 7) is 61.9. The van der Waals surface area contributed by atoms with E-state index in [1.807, 2.05) is 96.9 Å². The van der Waals surface area contributed by atoms with Crippen LogP contribution in [0.4, 0.5) is 0 Å². The molecular formula is C49H116N4. The molecule has 332 valence electrons. The summed E-state index contributed by atoms with van der Waals surface area (Å²) in [4.78, 5) is 4.99. The molecule has 53 heavy (non-hydrogen) atoms. The highest BCUT2D eigenvalue weighted by atomic mass is 15.1. The van der Waals surface area contributed by atoms with Gasteiger partial charge in [-0.1, -0.05) is 184 Å². The zero-order chi connectivity index (χ0) is 43.6. The van der Waals surface area contributed by atoms with Gasteiger partial charge in [-0.3, -0.25) is 0 Å². The van der Waals surface area contributed by atoms with Crippen LogP contribution >= 0.6 is 0 Å². The van der Waals surface area contributed by atoms with Gasteiger partial charge in [0, 0.05) is 26.2 Å². The van der Waals surface area contributed by atoms with Gasteiger partial charge in [0.25, 0.3) is 0 Å². The molecule has 4 rings (SSSR count). The Hall–Kier alpha value is -0.420. The van der Waals surface area contributed by atoms with Crippen LogP contribution < -0.4 is 10.6 Å². The standard InChI is InChI=1S/C10H21N.C8H17N.C7H13N.C7H15N.C3H8.7C2H6/c1-4-11-7-5-6-10(8-11)9(2)3;1-7(2)8-4-3-5-9-6-8;1-6(2)7-3-4-8-5-7;1-7-4-3-5-8(2)6-7;1-3-2;7*1-2/h9-10H,4-8H2,1-3H3;7-9H,3-6H2,1-2H3;3,6,8H,4-5H2,1-2H3;7H,3-6H2,1-2H3;3H2,1-2H3;7*1-2H3. The van der Waals surface area contributed by atoms with Gasteiger partial charge in [-0.25, -0.2) is 0 Å². The summed E-state index contributed by atoms with van der Waals surface area (Å²) >= 11 is 0. The van der Waals surface area contributed by atoms with Crippen molar-refractivity contribution in [2.45, 2.75) is 211 Å². The third kappa shape index (κ3) is 53.7. The summed E-state index contributed by atoms with van der Waals surface area (Å²) in [7, 11) is 2.20. The lowest BCUT2D eigenvalue weighted by Crippen LogP contribution is -2.37. The molecule has 4 aliphatic rings. The van der Waals surface area contributed by atoms with Gasteiger partial charge in [0.2, 0.25) is 0 Å². The molecular weight excluding hydrogens is 645 g/mol. The van der Waals surface area contributed by atoms with E-state index in [1.54, 1.807) is 5.57 Å². The number of piperidine rings is 3. The van der Waals surface area contributed by atoms with Crippen LogP contribution in [0.2, 0.25) is 0 Å². The van der Waals surface area contributed by atoms with Crippen molar-refractivity contribution in [2.75, 3.05) is 66.0 Å². The van der Waals surface area contributed by atoms with Crippen molar-refractivity contribution in [3.63, 3.8) is 0 Å². The van der Waals surface area contributed by atoms with E-state index in [2.05, 4.69) is 103 Å². The second kappa shape index (κ2) is 63.5. The summed E-state index contributed by atoms with van der Waals surface area (Å²) in [5, 5.41) is 6.68. The van der Waals surface area contributed by atoms with E-state index >= 15 is 0 Å². The van der Waals surface area contributed by atoms with Crippen molar-refractivity contribution in [1.29, 1.82) is 0 Å². The van der Waals surface area contributed by atoms with Crippen LogP contribution in [0.3, 0.4) is 0 Å². The Morgan fingerprint density at radius 1 is 0.623 bits per heavy atom. The van der Waals surface area contributed by atoms with E-state index in [9.17, 15) is 0 Å². The van der Waals surface area contributed by atoms with Gasteiger partial charge < -0.3 is 20.4 Å². The largest absolute Gasteiger partial charge is 0.316 e. The highest BCUT2D eigenvalue weighted by molar-refractivity contribution is 5.12. The fraction of sp³-hybridized carbons (Fsp3) is 0.959. The van der Waals surface area contributed by atoms with E-state index in [0.29, 0.717) is 0 Å². The van der Waals surface area contributed by atoms with Crippen LogP contribution in [-0.2, 0) is 0 Å². The highest BCUT2D eigenvalue weighted by Gasteiger charge is 2.20. The van der Waals surface area contributed by atoms with E-state index < -0.39 is 0 Å². The lowest BCUT2D eigenvalue weighted by molar-refractivity contribution is 0.152. The van der Waals surface area contributed by atoms with Gasteiger partial charge >= 0.3 is 0 Å². The highest BCUT2D eigenvalue weighted by Crippen LogP contribution is 2.23. The number of hydrogen-bond donors (Lipinski definition) is 2. The minimum Gasteiger partial charge on any atom is -0.316 e. The second-order valence-electron chi connectivity index (χ2n) is 13.7. The monoisotopic (exact) mass is 761 g/mol. The molecule has 0 spiro atoms. The van der Waals surface area contributed by atoms with Crippen LogP contribution in [0.15, 0.2) is 11.6 Å². The van der Waals surface area contributed by atoms with Crippen molar-refractivity contribution in [3.8, 4) is 0 Å². The first-order chi connectivity index (χ1) is 25.5. The number of nitrogens with zero attached hydrogens (tertiary/aromatic N) is 2. The summed E-state index contributed by atoms with van der Waals surface area (Å²) in [6, 6.07) is 0. The average molecular weight is 761 g/mol. The van der Waals surface area contributed by atoms with Crippen LogP contribution in [0.25, 0.3) is 0 Å². The number of rotatable bonds is 4. The second-order valence-corrected chi connectivity index (χ2v) is 13.7. The molecule has 0 aromatic carbocycles. The Bertz CT molecular complexity index is 559. The summed E-state index contributed by atoms with van der Waals surface area (Å²) < 4.78 is 0. The first kappa shape index (κ1) is 70.4. The predicted molar refractivity (Wildman–Crippen MR) is 257 cm³/mol. The van der Waals surface area contributed by atoms with Gasteiger partial charge in [0.15, 0.2) is 0 Å². The first-order valence-corrected chi connectivity index (χ1v) is 24.1. The Kier molecular flexibility index (Phi) is 84.4. The maximum absolute atomic E-state index is 3.42. The summed E-state index contributed by atoms with van der Waals surface area (Å²) in [6.07, 6.45) is 12.0. The molecule has 0 aromatic heterocycles. The fourth-order valence-corrected chi connectivity index (χ4v) is 5.73. The van der Waals surface area contributed by atoms with Gasteiger partial charge in [-0.2, -0.15) is 0 Å². The molecule has 3 fully saturated rings. The first-order valence-electron chi connectivity index (χ1n) is 24.1. The molecule has 0 bridgehead atoms. The third-order valence-corrected chi connectivity index (χ3v) is 8.65. The van der Waals surface area contributed by atoms with E-state index in [0.717, 1.165) is 48.6 Å². The number of hydrogen-bond acceptors (Lipinski definition) is 4. The topological polar surface area (TPSA) is 30.5 Å². The third-order valence-electron chi connectivity index (χ3n) is 8.65. The van der Waals surface area contributed by atoms with Crippen LogP contribution in [0, 0.1) is 35.5 Å². The van der Waals surface area contributed by atoms with Gasteiger partial charge in [0.1, 0.15) is 0 Å². The Labute approximate surface area is 343 Å². The van der Waals surface area contributed by atoms with Gasteiger partial charge in [0.05, 0.1) is 0 Å². The van der Waals surface area contributed by atoms with Gasteiger partial charge in [-0.05, 0) is 114 Å². The molecule has 0 saturated carbocycles. The molecule has 0 radical (unpaired) electrons. The Balaban J connectivity index is -0.0000000749. The summed E-state index contributed by atoms with van der Waals surface area (Å²) in [5.41, 5.74) is 1.56. The molecule has 3 atom stereocenters. The van der Waals surface area contributed by atoms with Crippen LogP contribution in [0.5, 0.6) is 0 Å². The van der Waals surface area contributed by atoms with Crippen molar-refractivity contribution < 1.29 is 0 Å². The quantitative estimate of drug-likeness (QED) is 0.279. The molecule has 4 heteroatoms.